The fourth-order valence-electron chi connectivity index (χ4n) is 5.39. The minimum atomic E-state index is -0.539. The fraction of sp³-hybridized carbons (Fsp3) is 0.500. The Balaban J connectivity index is 1.50. The molecule has 0 aromatic heterocycles. The van der Waals surface area contributed by atoms with Gasteiger partial charge in [-0.2, -0.15) is 0 Å². The fourth-order valence-corrected chi connectivity index (χ4v) is 5.39. The molecule has 148 valence electrons. The molecule has 2 fully saturated rings. The highest BCUT2D eigenvalue weighted by Crippen LogP contribution is 2.50. The van der Waals surface area contributed by atoms with Crippen LogP contribution in [0.25, 0.3) is 0 Å². The molecule has 4 heteroatoms. The number of fused-ring (bicyclic) bond motifs is 2. The minimum Gasteiger partial charge on any atom is -0.454 e. The first-order valence-electron chi connectivity index (χ1n) is 10.5. The Labute approximate surface area is 167 Å². The summed E-state index contributed by atoms with van der Waals surface area (Å²) < 4.78 is 11.2. The van der Waals surface area contributed by atoms with E-state index in [0.717, 1.165) is 50.3 Å². The van der Waals surface area contributed by atoms with Crippen LogP contribution in [0.1, 0.15) is 54.8 Å². The van der Waals surface area contributed by atoms with Crippen LogP contribution < -0.4 is 9.47 Å². The van der Waals surface area contributed by atoms with Crippen molar-refractivity contribution in [2.75, 3.05) is 13.3 Å². The zero-order valence-corrected chi connectivity index (χ0v) is 16.6. The smallest absolute Gasteiger partial charge is 0.231 e. The predicted molar refractivity (Wildman–Crippen MR) is 108 cm³/mol. The average molecular weight is 380 g/mol. The molecule has 1 N–H and O–H groups in total. The van der Waals surface area contributed by atoms with Gasteiger partial charge in [-0.3, -0.25) is 4.90 Å². The van der Waals surface area contributed by atoms with Crippen LogP contribution in [-0.4, -0.2) is 28.9 Å². The Morgan fingerprint density at radius 3 is 2.71 bits per heavy atom. The van der Waals surface area contributed by atoms with Gasteiger partial charge in [0.05, 0.1) is 5.60 Å². The summed E-state index contributed by atoms with van der Waals surface area (Å²) in [7, 11) is 0. The quantitative estimate of drug-likeness (QED) is 0.847. The number of nitrogens with zero attached hydrogens (tertiary/aromatic N) is 1. The van der Waals surface area contributed by atoms with Crippen molar-refractivity contribution in [3.8, 4) is 11.5 Å². The second kappa shape index (κ2) is 7.09. The molecule has 0 bridgehead atoms. The summed E-state index contributed by atoms with van der Waals surface area (Å²) in [5.74, 6) is 1.92. The third kappa shape index (κ3) is 3.19. The van der Waals surface area contributed by atoms with Crippen LogP contribution in [0.5, 0.6) is 11.5 Å². The molecule has 0 unspecified atom stereocenters. The van der Waals surface area contributed by atoms with Gasteiger partial charge in [-0.05, 0) is 49.4 Å². The largest absolute Gasteiger partial charge is 0.454 e. The maximum absolute atomic E-state index is 11.5. The maximum atomic E-state index is 11.5. The minimum absolute atomic E-state index is 0.204. The molecule has 0 amide bonds. The number of benzene rings is 2. The molecular formula is C24H29NO3. The molecule has 2 aromatic carbocycles. The molecule has 2 aromatic rings. The SMILES string of the molecule is Cc1ccc(CN2CC[C@]3(O)CCCC[C@H]3[C@@H]2c2ccc3c(c2)OCO3)cc1. The van der Waals surface area contributed by atoms with Crippen molar-refractivity contribution in [1.29, 1.82) is 0 Å². The van der Waals surface area contributed by atoms with Crippen LogP contribution >= 0.6 is 0 Å². The molecule has 28 heavy (non-hydrogen) atoms. The highest BCUT2D eigenvalue weighted by atomic mass is 16.7. The lowest BCUT2D eigenvalue weighted by molar-refractivity contribution is -0.126. The molecule has 0 radical (unpaired) electrons. The van der Waals surface area contributed by atoms with Gasteiger partial charge in [0.1, 0.15) is 0 Å². The number of piperidine rings is 1. The zero-order chi connectivity index (χ0) is 19.1. The number of rotatable bonds is 3. The molecule has 0 spiro atoms. The van der Waals surface area contributed by atoms with Crippen LogP contribution in [0.2, 0.25) is 0 Å². The van der Waals surface area contributed by atoms with E-state index < -0.39 is 5.60 Å². The lowest BCUT2D eigenvalue weighted by atomic mass is 9.66. The molecular weight excluding hydrogens is 350 g/mol. The summed E-state index contributed by atoms with van der Waals surface area (Å²) in [6.45, 7) is 4.25. The van der Waals surface area contributed by atoms with Crippen LogP contribution in [0.15, 0.2) is 42.5 Å². The first-order chi connectivity index (χ1) is 13.6. The lowest BCUT2D eigenvalue weighted by Crippen LogP contribution is -2.54. The molecule has 4 nitrogen and oxygen atoms in total. The first kappa shape index (κ1) is 18.0. The first-order valence-corrected chi connectivity index (χ1v) is 10.5. The number of aliphatic hydroxyl groups is 1. The number of hydrogen-bond donors (Lipinski definition) is 1. The van der Waals surface area contributed by atoms with Crippen LogP contribution in [-0.2, 0) is 6.54 Å². The van der Waals surface area contributed by atoms with Gasteiger partial charge in [0, 0.05) is 25.0 Å². The second-order valence-corrected chi connectivity index (χ2v) is 8.72. The highest BCUT2D eigenvalue weighted by Gasteiger charge is 2.49. The molecule has 1 saturated carbocycles. The summed E-state index contributed by atoms with van der Waals surface area (Å²) in [6.07, 6.45) is 5.22. The normalized spacial score (nSPS) is 29.5. The second-order valence-electron chi connectivity index (χ2n) is 8.72. The molecule has 3 atom stereocenters. The van der Waals surface area contributed by atoms with E-state index in [4.69, 9.17) is 9.47 Å². The Hall–Kier alpha value is -2.04. The van der Waals surface area contributed by atoms with Gasteiger partial charge in [0.2, 0.25) is 6.79 Å². The van der Waals surface area contributed by atoms with Crippen molar-refractivity contribution in [3.05, 3.63) is 59.2 Å². The summed E-state index contributed by atoms with van der Waals surface area (Å²) >= 11 is 0. The van der Waals surface area contributed by atoms with E-state index in [1.807, 2.05) is 6.07 Å². The number of ether oxygens (including phenoxy) is 2. The topological polar surface area (TPSA) is 41.9 Å². The molecule has 1 saturated heterocycles. The molecule has 2 heterocycles. The van der Waals surface area contributed by atoms with Crippen LogP contribution in [0.4, 0.5) is 0 Å². The molecule has 5 rings (SSSR count). The zero-order valence-electron chi connectivity index (χ0n) is 16.6. The average Bonchev–Trinajstić information content (AvgIpc) is 3.17. The number of likely N-dealkylation sites (tertiary alicyclic amines) is 1. The van der Waals surface area contributed by atoms with Gasteiger partial charge < -0.3 is 14.6 Å². The van der Waals surface area contributed by atoms with E-state index in [1.165, 1.54) is 23.1 Å². The lowest BCUT2D eigenvalue weighted by Gasteiger charge is -2.52. The van der Waals surface area contributed by atoms with Crippen molar-refractivity contribution < 1.29 is 14.6 Å². The maximum Gasteiger partial charge on any atom is 0.231 e. The van der Waals surface area contributed by atoms with Gasteiger partial charge in [-0.15, -0.1) is 0 Å². The van der Waals surface area contributed by atoms with Crippen LogP contribution in [0.3, 0.4) is 0 Å². The van der Waals surface area contributed by atoms with E-state index in [2.05, 4.69) is 48.2 Å². The van der Waals surface area contributed by atoms with Gasteiger partial charge in [0.25, 0.3) is 0 Å². The monoisotopic (exact) mass is 379 g/mol. The number of hydrogen-bond acceptors (Lipinski definition) is 4. The standard InChI is InChI=1S/C24H29NO3/c1-17-5-7-18(8-6-17)15-25-13-12-24(26)11-3-2-4-20(24)23(25)19-9-10-21-22(14-19)28-16-27-21/h5-10,14,20,23,26H,2-4,11-13,15-16H2,1H3/t20-,23-,24+/m0/s1. The summed E-state index contributed by atoms with van der Waals surface area (Å²) in [4.78, 5) is 2.56. The Bertz CT molecular complexity index is 849. The summed E-state index contributed by atoms with van der Waals surface area (Å²) in [6, 6.07) is 15.4. The van der Waals surface area contributed by atoms with Gasteiger partial charge in [-0.25, -0.2) is 0 Å². The molecule has 2 aliphatic heterocycles. The summed E-state index contributed by atoms with van der Waals surface area (Å²) in [5.41, 5.74) is 3.32. The molecule has 1 aliphatic carbocycles. The van der Waals surface area contributed by atoms with Crippen molar-refractivity contribution >= 4 is 0 Å². The van der Waals surface area contributed by atoms with E-state index in [-0.39, 0.29) is 12.0 Å². The predicted octanol–water partition coefficient (Wildman–Crippen LogP) is 4.59. The van der Waals surface area contributed by atoms with E-state index in [9.17, 15) is 5.11 Å². The number of aryl methyl sites for hydroxylation is 1. The van der Waals surface area contributed by atoms with Gasteiger partial charge in [0.15, 0.2) is 11.5 Å². The summed E-state index contributed by atoms with van der Waals surface area (Å²) in [5, 5.41) is 11.5. The van der Waals surface area contributed by atoms with Crippen molar-refractivity contribution in [1.82, 2.24) is 4.90 Å². The van der Waals surface area contributed by atoms with Gasteiger partial charge in [-0.1, -0.05) is 48.7 Å². The van der Waals surface area contributed by atoms with E-state index in [0.29, 0.717) is 6.79 Å². The van der Waals surface area contributed by atoms with Gasteiger partial charge >= 0.3 is 0 Å². The van der Waals surface area contributed by atoms with E-state index >= 15 is 0 Å². The van der Waals surface area contributed by atoms with Crippen molar-refractivity contribution in [2.24, 2.45) is 5.92 Å². The third-order valence-electron chi connectivity index (χ3n) is 6.92. The Kier molecular flexibility index (Phi) is 4.56. The van der Waals surface area contributed by atoms with Crippen molar-refractivity contribution in [2.45, 2.75) is 57.2 Å². The Morgan fingerprint density at radius 1 is 1.04 bits per heavy atom. The third-order valence-corrected chi connectivity index (χ3v) is 6.92. The highest BCUT2D eigenvalue weighted by molar-refractivity contribution is 5.45. The molecule has 3 aliphatic rings. The van der Waals surface area contributed by atoms with Crippen molar-refractivity contribution in [3.63, 3.8) is 0 Å². The Morgan fingerprint density at radius 2 is 1.86 bits per heavy atom. The van der Waals surface area contributed by atoms with Crippen LogP contribution in [0, 0.1) is 12.8 Å². The van der Waals surface area contributed by atoms with E-state index in [1.54, 1.807) is 0 Å².